The number of fused-ring (bicyclic) bond motifs is 1. The van der Waals surface area contributed by atoms with E-state index in [1.54, 1.807) is 26.2 Å². The average Bonchev–Trinajstić information content (AvgIpc) is 3.12. The number of carbonyl (C=O) groups excluding carboxylic acids is 2. The van der Waals surface area contributed by atoms with Gasteiger partial charge in [0.05, 0.1) is 38.9 Å². The van der Waals surface area contributed by atoms with Crippen molar-refractivity contribution in [1.29, 1.82) is 0 Å². The molecule has 2 aliphatic heterocycles. The van der Waals surface area contributed by atoms with Crippen molar-refractivity contribution < 1.29 is 33.3 Å². The lowest BCUT2D eigenvalue weighted by molar-refractivity contribution is -0.135. The Hall–Kier alpha value is -2.74. The van der Waals surface area contributed by atoms with Gasteiger partial charge in [-0.15, -0.1) is 0 Å². The minimum Gasteiger partial charge on any atom is -0.493 e. The van der Waals surface area contributed by atoms with Crippen LogP contribution in [0.2, 0.25) is 0 Å². The number of hydrogen-bond donors (Lipinski definition) is 0. The largest absolute Gasteiger partial charge is 0.493 e. The molecule has 1 amide bonds. The maximum atomic E-state index is 13.7. The fraction of sp³-hybridized carbons (Fsp3) is 0.600. The van der Waals surface area contributed by atoms with Gasteiger partial charge in [0.2, 0.25) is 5.75 Å². The lowest BCUT2D eigenvalue weighted by Crippen LogP contribution is -2.39. The van der Waals surface area contributed by atoms with E-state index >= 15 is 0 Å². The van der Waals surface area contributed by atoms with Gasteiger partial charge in [0.1, 0.15) is 6.10 Å². The number of carbonyl (C=O) groups is 2. The maximum Gasteiger partial charge on any atom is 0.290 e. The highest BCUT2D eigenvalue weighted by molar-refractivity contribution is 6.11. The van der Waals surface area contributed by atoms with Gasteiger partial charge in [-0.2, -0.15) is 0 Å². The molecule has 0 radical (unpaired) electrons. The molecule has 0 spiro atoms. The Labute approximate surface area is 194 Å². The van der Waals surface area contributed by atoms with E-state index in [1.807, 2.05) is 19.1 Å². The summed E-state index contributed by atoms with van der Waals surface area (Å²) < 4.78 is 28.2. The van der Waals surface area contributed by atoms with Crippen LogP contribution in [0.1, 0.15) is 50.6 Å². The summed E-state index contributed by atoms with van der Waals surface area (Å²) in [5, 5.41) is 0. The van der Waals surface area contributed by atoms with E-state index < -0.39 is 6.04 Å². The Bertz CT molecular complexity index is 916. The second-order valence-electron chi connectivity index (χ2n) is 8.56. The van der Waals surface area contributed by atoms with Crippen LogP contribution in [0.25, 0.3) is 0 Å². The highest BCUT2D eigenvalue weighted by Gasteiger charge is 2.52. The lowest BCUT2D eigenvalue weighted by atomic mass is 9.77. The molecular formula is C25H33NO7. The topological polar surface area (TPSA) is 83.5 Å². The molecule has 180 valence electrons. The predicted octanol–water partition coefficient (Wildman–Crippen LogP) is 3.43. The molecule has 3 aliphatic rings. The van der Waals surface area contributed by atoms with E-state index in [4.69, 9.17) is 23.7 Å². The number of benzene rings is 1. The molecule has 0 aromatic heterocycles. The number of Topliss-reactive ketones (excluding diaryl/α,β-unsaturated/α-hetero) is 1. The second kappa shape index (κ2) is 10.0. The summed E-state index contributed by atoms with van der Waals surface area (Å²) in [6.45, 7) is 3.53. The third-order valence-electron chi connectivity index (χ3n) is 6.75. The van der Waals surface area contributed by atoms with Crippen LogP contribution in [0, 0.1) is 5.92 Å². The van der Waals surface area contributed by atoms with Gasteiger partial charge in [0.15, 0.2) is 23.0 Å². The summed E-state index contributed by atoms with van der Waals surface area (Å²) in [7, 11) is 4.64. The van der Waals surface area contributed by atoms with Crippen LogP contribution < -0.4 is 14.2 Å². The number of rotatable bonds is 9. The van der Waals surface area contributed by atoms with Gasteiger partial charge < -0.3 is 28.6 Å². The Morgan fingerprint density at radius 2 is 1.73 bits per heavy atom. The van der Waals surface area contributed by atoms with E-state index in [-0.39, 0.29) is 29.5 Å². The van der Waals surface area contributed by atoms with Crippen LogP contribution in [-0.2, 0) is 19.1 Å². The maximum absolute atomic E-state index is 13.7. The van der Waals surface area contributed by atoms with Crippen LogP contribution in [0.4, 0.5) is 0 Å². The summed E-state index contributed by atoms with van der Waals surface area (Å²) in [5.41, 5.74) is 1.18. The van der Waals surface area contributed by atoms with Crippen LogP contribution >= 0.6 is 0 Å². The quantitative estimate of drug-likeness (QED) is 0.523. The molecule has 3 atom stereocenters. The molecule has 0 saturated heterocycles. The third-order valence-corrected chi connectivity index (χ3v) is 6.75. The SMILES string of the molecule is CCOCCCN1C(=O)C2=C(C(=O)C3CCCCC3O2)C1c1cc(OC)c(OC)c(OC)c1. The zero-order valence-corrected chi connectivity index (χ0v) is 19.8. The van der Waals surface area contributed by atoms with Crippen molar-refractivity contribution >= 4 is 11.7 Å². The molecule has 1 aromatic rings. The van der Waals surface area contributed by atoms with Crippen molar-refractivity contribution in [3.05, 3.63) is 29.0 Å². The van der Waals surface area contributed by atoms with Gasteiger partial charge >= 0.3 is 0 Å². The number of ether oxygens (including phenoxy) is 5. The first-order chi connectivity index (χ1) is 16.0. The molecule has 8 nitrogen and oxygen atoms in total. The molecule has 33 heavy (non-hydrogen) atoms. The van der Waals surface area contributed by atoms with Gasteiger partial charge in [-0.05, 0) is 50.3 Å². The van der Waals surface area contributed by atoms with Crippen LogP contribution in [0.15, 0.2) is 23.5 Å². The van der Waals surface area contributed by atoms with E-state index in [9.17, 15) is 9.59 Å². The highest BCUT2D eigenvalue weighted by Crippen LogP contribution is 2.49. The van der Waals surface area contributed by atoms with Gasteiger partial charge in [-0.1, -0.05) is 6.42 Å². The van der Waals surface area contributed by atoms with Crippen molar-refractivity contribution in [3.8, 4) is 17.2 Å². The van der Waals surface area contributed by atoms with Crippen molar-refractivity contribution in [2.24, 2.45) is 5.92 Å². The first kappa shape index (κ1) is 23.4. The van der Waals surface area contributed by atoms with Crippen LogP contribution in [-0.4, -0.2) is 63.8 Å². The smallest absolute Gasteiger partial charge is 0.290 e. The van der Waals surface area contributed by atoms with E-state index in [1.165, 1.54) is 0 Å². The molecule has 8 heteroatoms. The number of amides is 1. The van der Waals surface area contributed by atoms with Crippen molar-refractivity contribution in [2.45, 2.75) is 51.2 Å². The molecule has 0 bridgehead atoms. The van der Waals surface area contributed by atoms with E-state index in [2.05, 4.69) is 0 Å². The number of methoxy groups -OCH3 is 3. The standard InChI is InChI=1S/C25H33NO7/c1-5-32-12-8-11-26-21(15-13-18(29-2)23(31-4)19(14-15)30-3)20-22(27)16-9-6-7-10-17(16)33-24(20)25(26)28/h13-14,16-17,21H,5-12H2,1-4H3. The molecular weight excluding hydrogens is 426 g/mol. The summed E-state index contributed by atoms with van der Waals surface area (Å²) in [4.78, 5) is 28.9. The van der Waals surface area contributed by atoms with E-state index in [0.717, 1.165) is 31.2 Å². The highest BCUT2D eigenvalue weighted by atomic mass is 16.5. The number of hydrogen-bond acceptors (Lipinski definition) is 7. The molecule has 1 fully saturated rings. The summed E-state index contributed by atoms with van der Waals surface area (Å²) in [5.74, 6) is 1.21. The fourth-order valence-corrected chi connectivity index (χ4v) is 5.21. The second-order valence-corrected chi connectivity index (χ2v) is 8.56. The molecule has 4 rings (SSSR count). The summed E-state index contributed by atoms with van der Waals surface area (Å²) in [6, 6.07) is 3.05. The number of nitrogens with zero attached hydrogens (tertiary/aromatic N) is 1. The molecule has 1 aliphatic carbocycles. The van der Waals surface area contributed by atoms with Crippen LogP contribution in [0.3, 0.4) is 0 Å². The van der Waals surface area contributed by atoms with Crippen molar-refractivity contribution in [2.75, 3.05) is 41.1 Å². The molecule has 3 unspecified atom stereocenters. The van der Waals surface area contributed by atoms with E-state index in [0.29, 0.717) is 49.0 Å². The van der Waals surface area contributed by atoms with Crippen molar-refractivity contribution in [1.82, 2.24) is 4.90 Å². The number of ketones is 1. The van der Waals surface area contributed by atoms with Crippen LogP contribution in [0.5, 0.6) is 17.2 Å². The summed E-state index contributed by atoms with van der Waals surface area (Å²) in [6.07, 6.45) is 4.06. The zero-order valence-electron chi connectivity index (χ0n) is 19.8. The minimum atomic E-state index is -0.571. The molecule has 2 heterocycles. The van der Waals surface area contributed by atoms with Gasteiger partial charge in [0.25, 0.3) is 5.91 Å². The van der Waals surface area contributed by atoms with Gasteiger partial charge in [0, 0.05) is 19.8 Å². The predicted molar refractivity (Wildman–Crippen MR) is 121 cm³/mol. The first-order valence-corrected chi connectivity index (χ1v) is 11.7. The Morgan fingerprint density at radius 1 is 1.03 bits per heavy atom. The van der Waals surface area contributed by atoms with Crippen molar-refractivity contribution in [3.63, 3.8) is 0 Å². The fourth-order valence-electron chi connectivity index (χ4n) is 5.21. The molecule has 1 aromatic carbocycles. The Morgan fingerprint density at radius 3 is 2.36 bits per heavy atom. The van der Waals surface area contributed by atoms with Gasteiger partial charge in [-0.25, -0.2) is 0 Å². The molecule has 1 saturated carbocycles. The van der Waals surface area contributed by atoms with Gasteiger partial charge in [-0.3, -0.25) is 9.59 Å². The Balaban J connectivity index is 1.78. The lowest BCUT2D eigenvalue weighted by Gasteiger charge is -2.35. The normalized spacial score (nSPS) is 24.4. The monoisotopic (exact) mass is 459 g/mol. The Kier molecular flexibility index (Phi) is 7.12. The zero-order chi connectivity index (χ0) is 23.5. The minimum absolute atomic E-state index is 0.0281. The average molecular weight is 460 g/mol. The molecule has 0 N–H and O–H groups in total. The first-order valence-electron chi connectivity index (χ1n) is 11.7. The third kappa shape index (κ3) is 4.16. The summed E-state index contributed by atoms with van der Waals surface area (Å²) >= 11 is 0.